The number of carbonyl (C=O) groups excluding carboxylic acids is 2. The molecular weight excluding hydrogens is 384 g/mol. The van der Waals surface area contributed by atoms with Crippen molar-refractivity contribution in [2.45, 2.75) is 103 Å². The molecule has 154 valence electrons. The zero-order valence-corrected chi connectivity index (χ0v) is 22.0. The zero-order chi connectivity index (χ0) is 20.2. The van der Waals surface area contributed by atoms with Gasteiger partial charge >= 0.3 is 65.1 Å². The minimum absolute atomic E-state index is 0. The molecule has 0 aromatic carbocycles. The summed E-state index contributed by atoms with van der Waals surface area (Å²) in [6.07, 6.45) is 13.9. The normalized spacial score (nSPS) is 10.5. The Balaban J connectivity index is -0.000000210. The van der Waals surface area contributed by atoms with Crippen LogP contribution in [0.2, 0.25) is 0 Å². The van der Waals surface area contributed by atoms with Crippen molar-refractivity contribution in [1.82, 2.24) is 0 Å². The Kier molecular flexibility index (Phi) is 35.0. The smallest absolute Gasteiger partial charge is 0.550 e. The number of unbranched alkanes of at least 4 members (excludes halogenated alkanes) is 10. The topological polar surface area (TPSA) is 144 Å². The number of aliphatic carboxylic acids is 3. The molecule has 7 nitrogen and oxygen atoms in total. The second kappa shape index (κ2) is 27.4. The summed E-state index contributed by atoms with van der Waals surface area (Å²) < 4.78 is 0. The molecule has 0 aliphatic rings. The Labute approximate surface area is 213 Å². The molecule has 0 aliphatic carbocycles. The molecule has 0 unspecified atom stereocenters. The molecule has 3 N–H and O–H groups in total. The number of rotatable bonds is 16. The average Bonchev–Trinajstić information content (AvgIpc) is 2.57. The van der Waals surface area contributed by atoms with Crippen LogP contribution in [0, 0.1) is 0 Å². The van der Waals surface area contributed by atoms with Gasteiger partial charge in [0.2, 0.25) is 0 Å². The summed E-state index contributed by atoms with van der Waals surface area (Å²) in [6, 6.07) is -1.21. The average molecular weight is 419 g/mol. The Morgan fingerprint density at radius 1 is 0.786 bits per heavy atom. The Morgan fingerprint density at radius 2 is 1.18 bits per heavy atom. The molecule has 0 aromatic heterocycles. The predicted octanol–water partition coefficient (Wildman–Crippen LogP) is -4.63. The van der Waals surface area contributed by atoms with Crippen molar-refractivity contribution >= 4 is 17.9 Å². The van der Waals surface area contributed by atoms with Crippen LogP contribution in [0.15, 0.2) is 0 Å². The van der Waals surface area contributed by atoms with Crippen molar-refractivity contribution in [2.24, 2.45) is 5.73 Å². The summed E-state index contributed by atoms with van der Waals surface area (Å²) in [6.45, 7) is 2.25. The fourth-order valence-corrected chi connectivity index (χ4v) is 2.33. The van der Waals surface area contributed by atoms with Crippen LogP contribution in [0.25, 0.3) is 0 Å². The van der Waals surface area contributed by atoms with Crippen molar-refractivity contribution < 1.29 is 88.8 Å². The molecule has 28 heavy (non-hydrogen) atoms. The van der Waals surface area contributed by atoms with Gasteiger partial charge in [-0.25, -0.2) is 0 Å². The van der Waals surface area contributed by atoms with E-state index in [1.54, 1.807) is 0 Å². The van der Waals surface area contributed by atoms with Gasteiger partial charge in [-0.1, -0.05) is 71.1 Å². The van der Waals surface area contributed by atoms with Crippen LogP contribution in [-0.4, -0.2) is 29.1 Å². The minimum Gasteiger partial charge on any atom is -0.550 e. The number of nitrogens with two attached hydrogens (primary N) is 1. The van der Waals surface area contributed by atoms with Crippen LogP contribution in [0.1, 0.15) is 96.8 Å². The van der Waals surface area contributed by atoms with Gasteiger partial charge in [0.25, 0.3) is 0 Å². The van der Waals surface area contributed by atoms with Crippen molar-refractivity contribution in [3.63, 3.8) is 0 Å². The molecule has 0 rings (SSSR count). The fraction of sp³-hybridized carbons (Fsp3) is 0.842. The summed E-state index contributed by atoms with van der Waals surface area (Å²) in [7, 11) is 0. The van der Waals surface area contributed by atoms with E-state index in [0.717, 1.165) is 12.8 Å². The Hall–Kier alpha value is 0.370. The molecule has 0 bridgehead atoms. The summed E-state index contributed by atoms with van der Waals surface area (Å²) in [5, 5.41) is 28.1. The van der Waals surface area contributed by atoms with Crippen LogP contribution >= 0.6 is 0 Å². The molecule has 0 aromatic rings. The molecule has 9 heteroatoms. The van der Waals surface area contributed by atoms with Crippen molar-refractivity contribution in [2.75, 3.05) is 0 Å². The maximum Gasteiger partial charge on any atom is 1.00 e. The van der Waals surface area contributed by atoms with Crippen LogP contribution < -0.4 is 75.1 Å². The maximum atomic E-state index is 10.3. The molecular formula is C19H35NNa2O6. The van der Waals surface area contributed by atoms with Gasteiger partial charge in [-0.15, -0.1) is 0 Å². The van der Waals surface area contributed by atoms with E-state index in [0.29, 0.717) is 6.42 Å². The molecule has 0 radical (unpaired) electrons. The van der Waals surface area contributed by atoms with Gasteiger partial charge < -0.3 is 30.6 Å². The number of carboxylic acid groups (broad SMARTS) is 3. The van der Waals surface area contributed by atoms with Gasteiger partial charge in [-0.2, -0.15) is 0 Å². The van der Waals surface area contributed by atoms with E-state index < -0.39 is 23.9 Å². The van der Waals surface area contributed by atoms with Gasteiger partial charge in [0, 0.05) is 18.4 Å². The monoisotopic (exact) mass is 419 g/mol. The number of carbonyl (C=O) groups is 3. The number of carboxylic acids is 3. The van der Waals surface area contributed by atoms with Crippen molar-refractivity contribution in [3.05, 3.63) is 0 Å². The summed E-state index contributed by atoms with van der Waals surface area (Å²) >= 11 is 0. The van der Waals surface area contributed by atoms with Gasteiger partial charge in [0.05, 0.1) is 5.97 Å². The summed E-state index contributed by atoms with van der Waals surface area (Å²) in [5.41, 5.74) is 4.91. The van der Waals surface area contributed by atoms with E-state index in [1.807, 2.05) is 0 Å². The molecule has 0 fully saturated rings. The minimum atomic E-state index is -1.44. The van der Waals surface area contributed by atoms with E-state index in [1.165, 1.54) is 57.8 Å². The zero-order valence-electron chi connectivity index (χ0n) is 18.0. The maximum absolute atomic E-state index is 10.3. The predicted molar refractivity (Wildman–Crippen MR) is 95.9 cm³/mol. The van der Waals surface area contributed by atoms with E-state index in [-0.39, 0.29) is 72.0 Å². The fourth-order valence-electron chi connectivity index (χ4n) is 2.33. The molecule has 0 aliphatic heterocycles. The van der Waals surface area contributed by atoms with E-state index >= 15 is 0 Å². The largest absolute Gasteiger partial charge is 1.00 e. The summed E-state index contributed by atoms with van der Waals surface area (Å²) in [5.74, 6) is -3.41. The van der Waals surface area contributed by atoms with Gasteiger partial charge in [-0.3, -0.25) is 4.79 Å². The third kappa shape index (κ3) is 33.9. The van der Waals surface area contributed by atoms with Crippen LogP contribution in [-0.2, 0) is 14.4 Å². The Morgan fingerprint density at radius 3 is 1.50 bits per heavy atom. The van der Waals surface area contributed by atoms with Gasteiger partial charge in [-0.05, 0) is 19.3 Å². The standard InChI is InChI=1S/C14H28O2.C5H9NO4.2Na/c1-2-3-4-5-6-7-8-9-10-11-12-13-14(15)16;6-3(5(9)10)1-2-4(7)8;;/h2-13H2,1H3,(H,15,16);3H,1-2,6H2,(H,7,8)(H,9,10);;/q;;2*+1/p-2/t;3-;;/m.0../s1. The first-order valence-electron chi connectivity index (χ1n) is 9.69. The van der Waals surface area contributed by atoms with Crippen LogP contribution in [0.4, 0.5) is 0 Å². The first-order chi connectivity index (χ1) is 12.3. The number of hydrogen-bond acceptors (Lipinski definition) is 6. The third-order valence-corrected chi connectivity index (χ3v) is 3.96. The molecule has 0 saturated carbocycles. The first kappa shape index (κ1) is 35.8. The quantitative estimate of drug-likeness (QED) is 0.189. The first-order valence-corrected chi connectivity index (χ1v) is 9.69. The SMILES string of the molecule is CCCCCCCCCCCCCC(=O)O.N[C@@H](CCC(=O)[O-])C(=O)[O-].[Na+].[Na+]. The Bertz CT molecular complexity index is 383. The van der Waals surface area contributed by atoms with E-state index in [2.05, 4.69) is 6.92 Å². The van der Waals surface area contributed by atoms with Crippen LogP contribution in [0.5, 0.6) is 0 Å². The summed E-state index contributed by atoms with van der Waals surface area (Å²) in [4.78, 5) is 29.9. The second-order valence-corrected chi connectivity index (χ2v) is 6.52. The molecule has 0 amide bonds. The van der Waals surface area contributed by atoms with Crippen molar-refractivity contribution in [1.29, 1.82) is 0 Å². The molecule has 1 atom stereocenters. The molecule has 0 saturated heterocycles. The van der Waals surface area contributed by atoms with Gasteiger partial charge in [0.1, 0.15) is 0 Å². The number of hydrogen-bond donors (Lipinski definition) is 2. The van der Waals surface area contributed by atoms with Gasteiger partial charge in [0.15, 0.2) is 0 Å². The van der Waals surface area contributed by atoms with Crippen molar-refractivity contribution in [3.8, 4) is 0 Å². The van der Waals surface area contributed by atoms with E-state index in [4.69, 9.17) is 10.8 Å². The van der Waals surface area contributed by atoms with E-state index in [9.17, 15) is 24.6 Å². The molecule has 0 spiro atoms. The second-order valence-electron chi connectivity index (χ2n) is 6.52. The molecule has 0 heterocycles. The van der Waals surface area contributed by atoms with Crippen LogP contribution in [0.3, 0.4) is 0 Å². The third-order valence-electron chi connectivity index (χ3n) is 3.96.